The number of aryl methyl sites for hydroxylation is 1. The summed E-state index contributed by atoms with van der Waals surface area (Å²) >= 11 is 1.77. The van der Waals surface area contributed by atoms with E-state index in [2.05, 4.69) is 37.2 Å². The average Bonchev–Trinajstić information content (AvgIpc) is 2.28. The second-order valence-electron chi connectivity index (χ2n) is 3.76. The van der Waals surface area contributed by atoms with Crippen LogP contribution in [-0.2, 0) is 0 Å². The molecule has 0 aliphatic carbocycles. The quantitative estimate of drug-likeness (QED) is 0.272. The second kappa shape index (κ2) is 6.43. The maximum Gasteiger partial charge on any atom is 0.140 e. The van der Waals surface area contributed by atoms with Crippen LogP contribution >= 0.6 is 11.8 Å². The van der Waals surface area contributed by atoms with E-state index in [4.69, 9.17) is 10.9 Å². The molecule has 0 aliphatic heterocycles. The van der Waals surface area contributed by atoms with Gasteiger partial charge in [-0.05, 0) is 25.5 Å². The van der Waals surface area contributed by atoms with Crippen molar-refractivity contribution < 1.29 is 5.21 Å². The summed E-state index contributed by atoms with van der Waals surface area (Å²) in [5.74, 6) is 0.298. The highest BCUT2D eigenvalue weighted by molar-refractivity contribution is 8.00. The van der Waals surface area contributed by atoms with Crippen molar-refractivity contribution in [2.24, 2.45) is 10.9 Å². The first-order valence-electron chi connectivity index (χ1n) is 5.35. The van der Waals surface area contributed by atoms with Crippen LogP contribution in [0.1, 0.15) is 25.3 Å². The number of rotatable bonds is 5. The number of hydrogen-bond acceptors (Lipinski definition) is 3. The Labute approximate surface area is 101 Å². The minimum absolute atomic E-state index is 0.298. The van der Waals surface area contributed by atoms with Crippen molar-refractivity contribution in [3.8, 4) is 0 Å². The molecule has 0 radical (unpaired) electrons. The fourth-order valence-corrected chi connectivity index (χ4v) is 2.64. The zero-order valence-corrected chi connectivity index (χ0v) is 10.5. The van der Waals surface area contributed by atoms with Crippen molar-refractivity contribution in [1.29, 1.82) is 0 Å². The Morgan fingerprint density at radius 3 is 2.88 bits per heavy atom. The summed E-state index contributed by atoms with van der Waals surface area (Å²) in [7, 11) is 0. The zero-order chi connectivity index (χ0) is 12.0. The van der Waals surface area contributed by atoms with Crippen LogP contribution in [-0.4, -0.2) is 16.3 Å². The summed E-state index contributed by atoms with van der Waals surface area (Å²) in [6.45, 7) is 4.19. The molecule has 0 bridgehead atoms. The molecule has 4 heteroatoms. The summed E-state index contributed by atoms with van der Waals surface area (Å²) in [5.41, 5.74) is 6.77. The Hall–Kier alpha value is -1.16. The van der Waals surface area contributed by atoms with Crippen LogP contribution in [0.2, 0.25) is 0 Å². The van der Waals surface area contributed by atoms with E-state index < -0.39 is 0 Å². The largest absolute Gasteiger partial charge is 0.409 e. The lowest BCUT2D eigenvalue weighted by molar-refractivity contribution is 0.316. The normalized spacial score (nSPS) is 13.8. The fourth-order valence-electron chi connectivity index (χ4n) is 1.42. The lowest BCUT2D eigenvalue weighted by Crippen LogP contribution is -2.18. The first-order chi connectivity index (χ1) is 7.65. The summed E-state index contributed by atoms with van der Waals surface area (Å²) in [4.78, 5) is 1.23. The lowest BCUT2D eigenvalue weighted by Gasteiger charge is -2.13. The Balaban J connectivity index is 2.63. The molecular formula is C12H18N2OS. The maximum atomic E-state index is 8.54. The molecule has 0 heterocycles. The molecule has 0 fully saturated rings. The molecule has 0 saturated carbocycles. The van der Waals surface area contributed by atoms with E-state index in [-0.39, 0.29) is 0 Å². The highest BCUT2D eigenvalue weighted by Crippen LogP contribution is 2.27. The third kappa shape index (κ3) is 4.14. The molecule has 1 aromatic rings. The molecule has 0 saturated heterocycles. The van der Waals surface area contributed by atoms with E-state index in [1.54, 1.807) is 11.8 Å². The van der Waals surface area contributed by atoms with Gasteiger partial charge >= 0.3 is 0 Å². The summed E-state index contributed by atoms with van der Waals surface area (Å²) < 4.78 is 0. The standard InChI is InChI=1S/C12H18N2OS/c1-3-10(8-12(13)14-15)16-11-6-4-5-9(2)7-11/h4-7,10,15H,3,8H2,1-2H3,(H2,13,14). The minimum atomic E-state index is 0.298. The lowest BCUT2D eigenvalue weighted by atomic mass is 10.2. The van der Waals surface area contributed by atoms with Crippen LogP contribution < -0.4 is 5.73 Å². The van der Waals surface area contributed by atoms with Gasteiger partial charge in [-0.1, -0.05) is 29.8 Å². The molecule has 88 valence electrons. The molecule has 0 aromatic heterocycles. The van der Waals surface area contributed by atoms with Crippen molar-refractivity contribution in [1.82, 2.24) is 0 Å². The predicted octanol–water partition coefficient (Wildman–Crippen LogP) is 3.00. The molecule has 3 N–H and O–H groups in total. The van der Waals surface area contributed by atoms with E-state index >= 15 is 0 Å². The number of nitrogens with two attached hydrogens (primary N) is 1. The molecule has 0 aliphatic rings. The highest BCUT2D eigenvalue weighted by atomic mass is 32.2. The van der Waals surface area contributed by atoms with E-state index in [0.29, 0.717) is 17.5 Å². The monoisotopic (exact) mass is 238 g/mol. The van der Waals surface area contributed by atoms with Gasteiger partial charge in [-0.15, -0.1) is 11.8 Å². The molecular weight excluding hydrogens is 220 g/mol. The maximum absolute atomic E-state index is 8.54. The number of hydrogen-bond donors (Lipinski definition) is 2. The molecule has 3 nitrogen and oxygen atoms in total. The Bertz CT molecular complexity index is 366. The van der Waals surface area contributed by atoms with E-state index in [9.17, 15) is 0 Å². The number of benzene rings is 1. The molecule has 1 atom stereocenters. The minimum Gasteiger partial charge on any atom is -0.409 e. The first-order valence-corrected chi connectivity index (χ1v) is 6.23. The van der Waals surface area contributed by atoms with Gasteiger partial charge < -0.3 is 10.9 Å². The topological polar surface area (TPSA) is 58.6 Å². The van der Waals surface area contributed by atoms with Gasteiger partial charge in [-0.2, -0.15) is 0 Å². The van der Waals surface area contributed by atoms with Gasteiger partial charge in [0.1, 0.15) is 5.84 Å². The molecule has 0 amide bonds. The summed E-state index contributed by atoms with van der Waals surface area (Å²) in [6.07, 6.45) is 1.61. The summed E-state index contributed by atoms with van der Waals surface area (Å²) in [5, 5.41) is 11.9. The van der Waals surface area contributed by atoms with Crippen LogP contribution in [0.25, 0.3) is 0 Å². The molecule has 1 aromatic carbocycles. The van der Waals surface area contributed by atoms with Gasteiger partial charge in [0.2, 0.25) is 0 Å². The summed E-state index contributed by atoms with van der Waals surface area (Å²) in [6, 6.07) is 8.37. The Morgan fingerprint density at radius 2 is 2.31 bits per heavy atom. The average molecular weight is 238 g/mol. The van der Waals surface area contributed by atoms with Crippen LogP contribution in [0, 0.1) is 6.92 Å². The van der Waals surface area contributed by atoms with Gasteiger partial charge in [-0.3, -0.25) is 0 Å². The highest BCUT2D eigenvalue weighted by Gasteiger charge is 2.10. The van der Waals surface area contributed by atoms with Gasteiger partial charge in [0, 0.05) is 16.6 Å². The second-order valence-corrected chi connectivity index (χ2v) is 5.13. The van der Waals surface area contributed by atoms with Gasteiger partial charge in [0.15, 0.2) is 0 Å². The SMILES string of the molecule is CCC(C/C(N)=N/O)Sc1cccc(C)c1. The zero-order valence-electron chi connectivity index (χ0n) is 9.68. The smallest absolute Gasteiger partial charge is 0.140 e. The van der Waals surface area contributed by atoms with Crippen LogP contribution in [0.3, 0.4) is 0 Å². The predicted molar refractivity (Wildman–Crippen MR) is 69.1 cm³/mol. The van der Waals surface area contributed by atoms with Gasteiger partial charge in [0.25, 0.3) is 0 Å². The molecule has 0 spiro atoms. The van der Waals surface area contributed by atoms with Crippen molar-refractivity contribution in [2.45, 2.75) is 36.8 Å². The molecule has 1 unspecified atom stereocenters. The molecule has 16 heavy (non-hydrogen) atoms. The van der Waals surface area contributed by atoms with E-state index in [1.165, 1.54) is 10.5 Å². The first kappa shape index (κ1) is 12.9. The van der Waals surface area contributed by atoms with E-state index in [0.717, 1.165) is 6.42 Å². The third-order valence-corrected chi connectivity index (χ3v) is 3.67. The Morgan fingerprint density at radius 1 is 1.56 bits per heavy atom. The number of thioether (sulfide) groups is 1. The van der Waals surface area contributed by atoms with Crippen LogP contribution in [0.4, 0.5) is 0 Å². The van der Waals surface area contributed by atoms with Crippen molar-refractivity contribution in [2.75, 3.05) is 0 Å². The van der Waals surface area contributed by atoms with Crippen molar-refractivity contribution in [3.63, 3.8) is 0 Å². The molecule has 1 rings (SSSR count). The van der Waals surface area contributed by atoms with Crippen molar-refractivity contribution in [3.05, 3.63) is 29.8 Å². The van der Waals surface area contributed by atoms with Crippen LogP contribution in [0.5, 0.6) is 0 Å². The number of nitrogens with zero attached hydrogens (tertiary/aromatic N) is 1. The third-order valence-electron chi connectivity index (χ3n) is 2.31. The Kier molecular flexibility index (Phi) is 5.19. The number of oxime groups is 1. The van der Waals surface area contributed by atoms with Gasteiger partial charge in [-0.25, -0.2) is 0 Å². The fraction of sp³-hybridized carbons (Fsp3) is 0.417. The van der Waals surface area contributed by atoms with Gasteiger partial charge in [0.05, 0.1) is 0 Å². The van der Waals surface area contributed by atoms with Crippen LogP contribution in [0.15, 0.2) is 34.3 Å². The number of amidine groups is 1. The van der Waals surface area contributed by atoms with Crippen molar-refractivity contribution >= 4 is 17.6 Å². The van der Waals surface area contributed by atoms with E-state index in [1.807, 2.05) is 6.07 Å².